The Balaban J connectivity index is 2.78. The van der Waals surface area contributed by atoms with Crippen LogP contribution in [0, 0.1) is 5.92 Å². The van der Waals surface area contributed by atoms with E-state index in [2.05, 4.69) is 55.7 Å². The Bertz CT molecular complexity index is 283. The zero-order chi connectivity index (χ0) is 10.6. The fourth-order valence-corrected chi connectivity index (χ4v) is 1.78. The summed E-state index contributed by atoms with van der Waals surface area (Å²) < 4.78 is 2.18. The summed E-state index contributed by atoms with van der Waals surface area (Å²) in [7, 11) is 2.10. The van der Waals surface area contributed by atoms with Gasteiger partial charge in [-0.1, -0.05) is 37.9 Å². The number of hydrogen-bond donors (Lipinski definition) is 0. The predicted octanol–water partition coefficient (Wildman–Crippen LogP) is 3.60. The van der Waals surface area contributed by atoms with Crippen molar-refractivity contribution in [3.63, 3.8) is 0 Å². The summed E-state index contributed by atoms with van der Waals surface area (Å²) in [5, 5.41) is 0. The highest BCUT2D eigenvalue weighted by molar-refractivity contribution is 7.99. The molecule has 78 valence electrons. The maximum Gasteiger partial charge on any atom is 0.0469 e. The van der Waals surface area contributed by atoms with Crippen LogP contribution in [0.4, 0.5) is 5.69 Å². The third-order valence-electron chi connectivity index (χ3n) is 2.19. The number of nitrogens with zero attached hydrogens (tertiary/aromatic N) is 1. The van der Waals surface area contributed by atoms with Crippen LogP contribution in [0.5, 0.6) is 0 Å². The molecule has 0 amide bonds. The molecule has 2 heteroatoms. The first-order chi connectivity index (χ1) is 6.63. The van der Waals surface area contributed by atoms with Crippen LogP contribution in [-0.4, -0.2) is 13.3 Å². The van der Waals surface area contributed by atoms with E-state index in [1.807, 2.05) is 0 Å². The smallest absolute Gasteiger partial charge is 0.0469 e. The fraction of sp³-hybridized carbons (Fsp3) is 0.500. The van der Waals surface area contributed by atoms with Gasteiger partial charge in [0.05, 0.1) is 0 Å². The third-order valence-corrected chi connectivity index (χ3v) is 2.95. The first kappa shape index (κ1) is 11.4. The van der Waals surface area contributed by atoms with Crippen molar-refractivity contribution in [1.29, 1.82) is 0 Å². The van der Waals surface area contributed by atoms with Crippen molar-refractivity contribution < 1.29 is 0 Å². The minimum absolute atomic E-state index is 0.727. The highest BCUT2D eigenvalue weighted by atomic mass is 32.2. The van der Waals surface area contributed by atoms with Gasteiger partial charge < -0.3 is 4.31 Å². The van der Waals surface area contributed by atoms with Gasteiger partial charge in [-0.2, -0.15) is 0 Å². The molecule has 0 aliphatic heterocycles. The quantitative estimate of drug-likeness (QED) is 0.697. The topological polar surface area (TPSA) is 3.24 Å². The summed E-state index contributed by atoms with van der Waals surface area (Å²) in [5.74, 6) is 0.727. The Morgan fingerprint density at radius 3 is 2.64 bits per heavy atom. The van der Waals surface area contributed by atoms with E-state index in [1.54, 1.807) is 11.9 Å². The van der Waals surface area contributed by atoms with Crippen molar-refractivity contribution in [2.45, 2.75) is 20.3 Å². The molecular weight excluding hydrogens is 190 g/mol. The summed E-state index contributed by atoms with van der Waals surface area (Å²) >= 11 is 1.74. The summed E-state index contributed by atoms with van der Waals surface area (Å²) in [4.78, 5) is 0. The molecule has 14 heavy (non-hydrogen) atoms. The van der Waals surface area contributed by atoms with E-state index in [-0.39, 0.29) is 0 Å². The zero-order valence-corrected chi connectivity index (χ0v) is 10.3. The molecular formula is C12H19NS. The molecule has 0 aliphatic rings. The molecule has 0 saturated heterocycles. The first-order valence-electron chi connectivity index (χ1n) is 5.00. The van der Waals surface area contributed by atoms with Crippen LogP contribution in [-0.2, 0) is 6.42 Å². The molecule has 1 aromatic carbocycles. The van der Waals surface area contributed by atoms with Crippen LogP contribution >= 0.6 is 11.9 Å². The van der Waals surface area contributed by atoms with E-state index >= 15 is 0 Å². The second-order valence-electron chi connectivity index (χ2n) is 3.95. The minimum atomic E-state index is 0.727. The van der Waals surface area contributed by atoms with Crippen LogP contribution in [0.25, 0.3) is 0 Å². The largest absolute Gasteiger partial charge is 0.320 e. The second-order valence-corrected chi connectivity index (χ2v) is 4.86. The van der Waals surface area contributed by atoms with Crippen LogP contribution in [0.3, 0.4) is 0 Å². The zero-order valence-electron chi connectivity index (χ0n) is 9.45. The molecule has 1 nitrogen and oxygen atoms in total. The van der Waals surface area contributed by atoms with Crippen molar-refractivity contribution in [2.24, 2.45) is 5.92 Å². The maximum atomic E-state index is 2.27. The number of hydrogen-bond acceptors (Lipinski definition) is 2. The van der Waals surface area contributed by atoms with Crippen LogP contribution in [0.2, 0.25) is 0 Å². The van der Waals surface area contributed by atoms with E-state index in [4.69, 9.17) is 0 Å². The molecule has 0 atom stereocenters. The summed E-state index contributed by atoms with van der Waals surface area (Å²) in [5.41, 5.74) is 2.72. The minimum Gasteiger partial charge on any atom is -0.320 e. The summed E-state index contributed by atoms with van der Waals surface area (Å²) in [6.45, 7) is 4.51. The Kier molecular flexibility index (Phi) is 4.33. The Morgan fingerprint density at radius 1 is 1.36 bits per heavy atom. The number of rotatable bonds is 4. The fourth-order valence-electron chi connectivity index (χ4n) is 1.46. The third kappa shape index (κ3) is 3.26. The van der Waals surface area contributed by atoms with Crippen LogP contribution < -0.4 is 4.31 Å². The molecule has 0 heterocycles. The predicted molar refractivity (Wildman–Crippen MR) is 66.9 cm³/mol. The average molecular weight is 209 g/mol. The Hall–Kier alpha value is -0.630. The number of anilines is 1. The Morgan fingerprint density at radius 2 is 2.07 bits per heavy atom. The van der Waals surface area contributed by atoms with Gasteiger partial charge in [-0.25, -0.2) is 0 Å². The van der Waals surface area contributed by atoms with E-state index in [0.29, 0.717) is 0 Å². The molecule has 1 rings (SSSR count). The van der Waals surface area contributed by atoms with Gasteiger partial charge in [0.25, 0.3) is 0 Å². The molecule has 0 aromatic heterocycles. The van der Waals surface area contributed by atoms with Gasteiger partial charge in [-0.05, 0) is 30.0 Å². The van der Waals surface area contributed by atoms with Crippen molar-refractivity contribution >= 4 is 17.6 Å². The van der Waals surface area contributed by atoms with Crippen molar-refractivity contribution in [2.75, 3.05) is 17.6 Å². The van der Waals surface area contributed by atoms with E-state index in [1.165, 1.54) is 11.3 Å². The van der Waals surface area contributed by atoms with Gasteiger partial charge in [-0.3, -0.25) is 0 Å². The van der Waals surface area contributed by atoms with Gasteiger partial charge >= 0.3 is 0 Å². The molecule has 0 aliphatic carbocycles. The van der Waals surface area contributed by atoms with Crippen molar-refractivity contribution in [3.05, 3.63) is 29.8 Å². The SMILES string of the molecule is CSN(C)c1cccc(CC(C)C)c1. The lowest BCUT2D eigenvalue weighted by atomic mass is 10.0. The Labute approximate surface area is 91.6 Å². The van der Waals surface area contributed by atoms with Gasteiger partial charge in [-0.15, -0.1) is 0 Å². The molecule has 0 fully saturated rings. The van der Waals surface area contributed by atoms with Gasteiger partial charge in [0.2, 0.25) is 0 Å². The van der Waals surface area contributed by atoms with E-state index in [9.17, 15) is 0 Å². The highest BCUT2D eigenvalue weighted by Crippen LogP contribution is 2.21. The van der Waals surface area contributed by atoms with Gasteiger partial charge in [0, 0.05) is 19.0 Å². The first-order valence-corrected chi connectivity index (χ1v) is 6.18. The van der Waals surface area contributed by atoms with Crippen LogP contribution in [0.1, 0.15) is 19.4 Å². The molecule has 0 spiro atoms. The maximum absolute atomic E-state index is 2.27. The molecule has 0 saturated carbocycles. The lowest BCUT2D eigenvalue weighted by Gasteiger charge is -2.16. The van der Waals surface area contributed by atoms with E-state index < -0.39 is 0 Å². The van der Waals surface area contributed by atoms with Crippen molar-refractivity contribution in [1.82, 2.24) is 0 Å². The summed E-state index contributed by atoms with van der Waals surface area (Å²) in [6, 6.07) is 8.77. The molecule has 0 unspecified atom stereocenters. The molecule has 0 N–H and O–H groups in total. The second kappa shape index (κ2) is 5.30. The lowest BCUT2D eigenvalue weighted by Crippen LogP contribution is -2.05. The van der Waals surface area contributed by atoms with Crippen molar-refractivity contribution in [3.8, 4) is 0 Å². The normalized spacial score (nSPS) is 10.6. The lowest BCUT2D eigenvalue weighted by molar-refractivity contribution is 0.647. The average Bonchev–Trinajstić information content (AvgIpc) is 2.16. The monoisotopic (exact) mass is 209 g/mol. The highest BCUT2D eigenvalue weighted by Gasteiger charge is 2.01. The molecule has 0 radical (unpaired) electrons. The van der Waals surface area contributed by atoms with Crippen LogP contribution in [0.15, 0.2) is 24.3 Å². The van der Waals surface area contributed by atoms with Gasteiger partial charge in [0.15, 0.2) is 0 Å². The molecule has 1 aromatic rings. The standard InChI is InChI=1S/C12H19NS/c1-10(2)8-11-6-5-7-12(9-11)13(3)14-4/h5-7,9-10H,8H2,1-4H3. The van der Waals surface area contributed by atoms with Gasteiger partial charge in [0.1, 0.15) is 0 Å². The van der Waals surface area contributed by atoms with E-state index in [0.717, 1.165) is 12.3 Å². The summed E-state index contributed by atoms with van der Waals surface area (Å²) in [6.07, 6.45) is 3.26. The number of benzene rings is 1. The molecule has 0 bridgehead atoms.